The molecule has 3 heteroatoms. The van der Waals surface area contributed by atoms with Crippen LogP contribution in [-0.4, -0.2) is 12.9 Å². The van der Waals surface area contributed by atoms with Gasteiger partial charge in [0.1, 0.15) is 0 Å². The Kier molecular flexibility index (Phi) is 6.27. The zero-order valence-corrected chi connectivity index (χ0v) is 15.4. The van der Waals surface area contributed by atoms with Crippen LogP contribution >= 0.6 is 23.5 Å². The number of thioether (sulfide) groups is 2. The van der Waals surface area contributed by atoms with Gasteiger partial charge in [-0.05, 0) is 42.0 Å². The second kappa shape index (κ2) is 8.86. The fraction of sp³-hybridized carbons (Fsp3) is 0.143. The second-order valence-electron chi connectivity index (χ2n) is 5.55. The van der Waals surface area contributed by atoms with Crippen molar-refractivity contribution in [3.63, 3.8) is 0 Å². The molecule has 0 aliphatic heterocycles. The van der Waals surface area contributed by atoms with Gasteiger partial charge in [-0.1, -0.05) is 48.5 Å². The average Bonchev–Trinajstić information content (AvgIpc) is 2.66. The van der Waals surface area contributed by atoms with Crippen LogP contribution < -0.4 is 4.90 Å². The van der Waals surface area contributed by atoms with Crippen LogP contribution in [0.3, 0.4) is 0 Å². The lowest BCUT2D eigenvalue weighted by atomic mass is 10.2. The van der Waals surface area contributed by atoms with Gasteiger partial charge in [0.15, 0.2) is 0 Å². The summed E-state index contributed by atoms with van der Waals surface area (Å²) in [6.45, 7) is 0. The minimum absolute atomic E-state index is 0.947. The van der Waals surface area contributed by atoms with Gasteiger partial charge >= 0.3 is 0 Å². The quantitative estimate of drug-likeness (QED) is 0.370. The summed E-state index contributed by atoms with van der Waals surface area (Å²) in [7, 11) is 2.14. The molecule has 0 fully saturated rings. The summed E-state index contributed by atoms with van der Waals surface area (Å²) >= 11 is 3.73. The van der Waals surface area contributed by atoms with Crippen LogP contribution in [0.25, 0.3) is 0 Å². The molecule has 0 aliphatic carbocycles. The third-order valence-electron chi connectivity index (χ3n) is 3.69. The highest BCUT2D eigenvalue weighted by Crippen LogP contribution is 2.25. The van der Waals surface area contributed by atoms with E-state index in [1.165, 1.54) is 21.0 Å². The smallest absolute Gasteiger partial charge is 0.0682 e. The standard InChI is InChI=1S/C21H21NS2/c1-22(17-24-21-10-6-3-7-11-21)19-14-12-18(13-15-19)16-23-20-8-4-2-5-9-20/h2-15H,16-17H2,1H3. The molecule has 0 aliphatic rings. The molecule has 0 saturated carbocycles. The monoisotopic (exact) mass is 351 g/mol. The van der Waals surface area contributed by atoms with Gasteiger partial charge in [-0.15, -0.1) is 23.5 Å². The molecule has 1 nitrogen and oxygen atoms in total. The molecular formula is C21H21NS2. The Morgan fingerprint density at radius 3 is 1.79 bits per heavy atom. The van der Waals surface area contributed by atoms with Crippen molar-refractivity contribution in [2.75, 3.05) is 17.8 Å². The van der Waals surface area contributed by atoms with Gasteiger partial charge in [0.2, 0.25) is 0 Å². The largest absolute Gasteiger partial charge is 0.365 e. The number of benzene rings is 3. The summed E-state index contributed by atoms with van der Waals surface area (Å²) in [5.74, 6) is 1.95. The van der Waals surface area contributed by atoms with E-state index in [0.29, 0.717) is 0 Å². The van der Waals surface area contributed by atoms with Crippen molar-refractivity contribution in [1.82, 2.24) is 0 Å². The summed E-state index contributed by atoms with van der Waals surface area (Å²) in [5.41, 5.74) is 2.61. The maximum Gasteiger partial charge on any atom is 0.0682 e. The summed E-state index contributed by atoms with van der Waals surface area (Å²) < 4.78 is 0. The van der Waals surface area contributed by atoms with Crippen LogP contribution in [0.15, 0.2) is 94.7 Å². The minimum atomic E-state index is 0.947. The van der Waals surface area contributed by atoms with Crippen LogP contribution in [0, 0.1) is 0 Å². The van der Waals surface area contributed by atoms with Crippen molar-refractivity contribution in [3.05, 3.63) is 90.5 Å². The molecule has 0 atom stereocenters. The topological polar surface area (TPSA) is 3.24 Å². The molecule has 3 aromatic carbocycles. The van der Waals surface area contributed by atoms with E-state index in [1.54, 1.807) is 0 Å². The molecule has 0 aromatic heterocycles. The van der Waals surface area contributed by atoms with Gasteiger partial charge in [-0.3, -0.25) is 0 Å². The number of hydrogen-bond donors (Lipinski definition) is 0. The minimum Gasteiger partial charge on any atom is -0.365 e. The number of anilines is 1. The number of nitrogens with zero attached hydrogens (tertiary/aromatic N) is 1. The van der Waals surface area contributed by atoms with E-state index in [2.05, 4.69) is 96.9 Å². The third-order valence-corrected chi connectivity index (χ3v) is 5.90. The molecule has 0 heterocycles. The van der Waals surface area contributed by atoms with Crippen LogP contribution in [0.5, 0.6) is 0 Å². The molecule has 24 heavy (non-hydrogen) atoms. The van der Waals surface area contributed by atoms with Gasteiger partial charge in [-0.2, -0.15) is 0 Å². The highest BCUT2D eigenvalue weighted by Gasteiger charge is 2.03. The summed E-state index contributed by atoms with van der Waals surface area (Å²) in [4.78, 5) is 4.91. The van der Waals surface area contributed by atoms with Gasteiger partial charge in [0.25, 0.3) is 0 Å². The molecule has 0 unspecified atom stereocenters. The fourth-order valence-electron chi connectivity index (χ4n) is 2.29. The maximum atomic E-state index is 2.28. The highest BCUT2D eigenvalue weighted by atomic mass is 32.2. The molecule has 3 aromatic rings. The lowest BCUT2D eigenvalue weighted by molar-refractivity contribution is 1.09. The second-order valence-corrected chi connectivity index (χ2v) is 7.62. The van der Waals surface area contributed by atoms with Crippen LogP contribution in [0.4, 0.5) is 5.69 Å². The lowest BCUT2D eigenvalue weighted by Gasteiger charge is -2.19. The maximum absolute atomic E-state index is 2.28. The Hall–Kier alpha value is -1.84. The number of hydrogen-bond acceptors (Lipinski definition) is 3. The molecule has 0 amide bonds. The zero-order chi connectivity index (χ0) is 16.6. The van der Waals surface area contributed by atoms with Crippen molar-refractivity contribution in [3.8, 4) is 0 Å². The van der Waals surface area contributed by atoms with E-state index in [9.17, 15) is 0 Å². The lowest BCUT2D eigenvalue weighted by Crippen LogP contribution is -2.15. The van der Waals surface area contributed by atoms with Crippen molar-refractivity contribution in [1.29, 1.82) is 0 Å². The molecule has 0 saturated heterocycles. The molecule has 0 bridgehead atoms. The molecule has 0 N–H and O–H groups in total. The zero-order valence-electron chi connectivity index (χ0n) is 13.8. The van der Waals surface area contributed by atoms with Gasteiger partial charge in [-0.25, -0.2) is 0 Å². The predicted octanol–water partition coefficient (Wildman–Crippen LogP) is 6.16. The van der Waals surface area contributed by atoms with Crippen molar-refractivity contribution < 1.29 is 0 Å². The Bertz CT molecular complexity index is 727. The van der Waals surface area contributed by atoms with Crippen LogP contribution in [0.1, 0.15) is 5.56 Å². The first-order chi connectivity index (χ1) is 11.8. The fourth-order valence-corrected chi connectivity index (χ4v) is 4.01. The Morgan fingerprint density at radius 2 is 1.21 bits per heavy atom. The van der Waals surface area contributed by atoms with E-state index in [1.807, 2.05) is 23.5 Å². The Labute approximate surface area is 153 Å². The van der Waals surface area contributed by atoms with E-state index < -0.39 is 0 Å². The SMILES string of the molecule is CN(CSc1ccccc1)c1ccc(CSc2ccccc2)cc1. The first-order valence-corrected chi connectivity index (χ1v) is 9.94. The van der Waals surface area contributed by atoms with E-state index in [0.717, 1.165) is 11.6 Å². The van der Waals surface area contributed by atoms with E-state index in [4.69, 9.17) is 0 Å². The van der Waals surface area contributed by atoms with Crippen molar-refractivity contribution in [2.45, 2.75) is 15.5 Å². The van der Waals surface area contributed by atoms with E-state index >= 15 is 0 Å². The number of rotatable bonds is 7. The highest BCUT2D eigenvalue weighted by molar-refractivity contribution is 7.99. The molecule has 0 spiro atoms. The normalized spacial score (nSPS) is 10.5. The van der Waals surface area contributed by atoms with Crippen LogP contribution in [0.2, 0.25) is 0 Å². The molecule has 3 rings (SSSR count). The molecule has 122 valence electrons. The average molecular weight is 352 g/mol. The van der Waals surface area contributed by atoms with Crippen molar-refractivity contribution in [2.24, 2.45) is 0 Å². The Morgan fingerprint density at radius 1 is 0.667 bits per heavy atom. The first-order valence-electron chi connectivity index (χ1n) is 7.97. The van der Waals surface area contributed by atoms with Crippen LogP contribution in [-0.2, 0) is 5.75 Å². The summed E-state index contributed by atoms with van der Waals surface area (Å²) in [6.07, 6.45) is 0. The molecule has 0 radical (unpaired) electrons. The first kappa shape index (κ1) is 17.0. The van der Waals surface area contributed by atoms with E-state index in [-0.39, 0.29) is 0 Å². The summed E-state index contributed by atoms with van der Waals surface area (Å²) in [6, 6.07) is 30.0. The van der Waals surface area contributed by atoms with Gasteiger partial charge in [0.05, 0.1) is 5.88 Å². The van der Waals surface area contributed by atoms with Gasteiger partial charge < -0.3 is 4.90 Å². The summed E-state index contributed by atoms with van der Waals surface area (Å²) in [5, 5.41) is 0. The molecular weight excluding hydrogens is 330 g/mol. The van der Waals surface area contributed by atoms with Gasteiger partial charge in [0, 0.05) is 28.3 Å². The predicted molar refractivity (Wildman–Crippen MR) is 108 cm³/mol. The third kappa shape index (κ3) is 5.08. The van der Waals surface area contributed by atoms with Crippen molar-refractivity contribution >= 4 is 29.2 Å². The Balaban J connectivity index is 1.52.